The number of benzene rings is 2. The molecule has 9 heteroatoms. The van der Waals surface area contributed by atoms with Crippen LogP contribution in [0.2, 0.25) is 0 Å². The van der Waals surface area contributed by atoms with Crippen molar-refractivity contribution in [2.24, 2.45) is 18.9 Å². The van der Waals surface area contributed by atoms with Crippen LogP contribution in [0.15, 0.2) is 42.9 Å². The van der Waals surface area contributed by atoms with Crippen LogP contribution in [-0.4, -0.2) is 43.2 Å². The molecule has 1 saturated carbocycles. The number of alkyl halides is 2. The highest BCUT2D eigenvalue weighted by Gasteiger charge is 2.49. The number of anilines is 1. The quantitative estimate of drug-likeness (QED) is 0.238. The van der Waals surface area contributed by atoms with Crippen molar-refractivity contribution in [3.05, 3.63) is 76.5 Å². The van der Waals surface area contributed by atoms with Crippen molar-refractivity contribution in [1.29, 1.82) is 0 Å². The number of aryl methyl sites for hydroxylation is 2. The number of carbonyl (C=O) groups excluding carboxylic acids is 1. The lowest BCUT2D eigenvalue weighted by Gasteiger charge is -2.46. The topological polar surface area (TPSA) is 59.2 Å². The number of likely N-dealkylation sites (tertiary alicyclic amines) is 1. The first kappa shape index (κ1) is 28.2. The number of piperidine rings is 1. The summed E-state index contributed by atoms with van der Waals surface area (Å²) in [5, 5.41) is 9.68. The van der Waals surface area contributed by atoms with Crippen LogP contribution in [-0.2, 0) is 32.1 Å². The fourth-order valence-corrected chi connectivity index (χ4v) is 8.11. The maximum absolute atomic E-state index is 14.5. The maximum atomic E-state index is 14.5. The lowest BCUT2D eigenvalue weighted by molar-refractivity contribution is 0.0996. The van der Waals surface area contributed by atoms with Gasteiger partial charge in [-0.25, -0.2) is 8.78 Å². The molecule has 1 atom stereocenters. The first-order chi connectivity index (χ1) is 20.7. The predicted molar refractivity (Wildman–Crippen MR) is 163 cm³/mol. The van der Waals surface area contributed by atoms with Crippen LogP contribution in [0, 0.1) is 11.8 Å². The van der Waals surface area contributed by atoms with E-state index in [2.05, 4.69) is 52.6 Å². The molecule has 0 bridgehead atoms. The van der Waals surface area contributed by atoms with Crippen molar-refractivity contribution in [1.82, 2.24) is 24.2 Å². The molecule has 4 aromatic rings. The normalized spacial score (nSPS) is 24.3. The number of hydrogen-bond acceptors (Lipinski definition) is 4. The standard InChI is InChI=1S/C34H40F2N6O/c1-5-41-10-8-25-29(41)13-24(34(15-22(3)16-34)33-38-37-20-39(33)4)14-30(25)42-19-28-26(31(35)36)11-23(12-27(28)32(42)43)18-40-9-6-7-21(2)17-40/h8,10-14,20-22,31H,5-7,9,15-19H2,1-4H3/t21-,22?,34?/m0/s1. The van der Waals surface area contributed by atoms with Gasteiger partial charge in [0, 0.05) is 49.4 Å². The SMILES string of the molecule is CCn1ccc2c(N3Cc4c(cc(CN5CCC[C@H](C)C5)cc4C(F)F)C3=O)cc(C3(c4nncn4C)CC(C)C3)cc21. The second-order valence-electron chi connectivity index (χ2n) is 13.3. The summed E-state index contributed by atoms with van der Waals surface area (Å²) in [6.07, 6.45) is 5.30. The van der Waals surface area contributed by atoms with Gasteiger partial charge in [0.25, 0.3) is 12.3 Å². The number of hydrogen-bond donors (Lipinski definition) is 0. The molecule has 2 fully saturated rings. The summed E-state index contributed by atoms with van der Waals surface area (Å²) in [5.41, 5.74) is 4.21. The molecule has 2 aliphatic heterocycles. The van der Waals surface area contributed by atoms with Crippen LogP contribution in [0.3, 0.4) is 0 Å². The van der Waals surface area contributed by atoms with E-state index in [0.29, 0.717) is 29.5 Å². The third kappa shape index (κ3) is 4.58. The smallest absolute Gasteiger partial charge is 0.264 e. The summed E-state index contributed by atoms with van der Waals surface area (Å²) in [4.78, 5) is 18.3. The minimum Gasteiger partial charge on any atom is -0.348 e. The monoisotopic (exact) mass is 586 g/mol. The Hall–Kier alpha value is -3.59. The Morgan fingerprint density at radius 2 is 1.93 bits per heavy atom. The van der Waals surface area contributed by atoms with Gasteiger partial charge in [0.2, 0.25) is 0 Å². The van der Waals surface area contributed by atoms with Crippen LogP contribution >= 0.6 is 0 Å². The molecular weight excluding hydrogens is 546 g/mol. The van der Waals surface area contributed by atoms with Gasteiger partial charge in [-0.05, 0) is 98.0 Å². The molecule has 2 aromatic heterocycles. The number of halogens is 2. The van der Waals surface area contributed by atoms with Crippen molar-refractivity contribution in [3.8, 4) is 0 Å². The average Bonchev–Trinajstić information content (AvgIpc) is 3.67. The second-order valence-corrected chi connectivity index (χ2v) is 13.3. The third-order valence-corrected chi connectivity index (χ3v) is 10.1. The molecule has 7 rings (SSSR count). The van der Waals surface area contributed by atoms with Gasteiger partial charge in [0.05, 0.1) is 23.2 Å². The summed E-state index contributed by atoms with van der Waals surface area (Å²) in [6, 6.07) is 9.90. The minimum atomic E-state index is -2.65. The van der Waals surface area contributed by atoms with Gasteiger partial charge in [-0.15, -0.1) is 10.2 Å². The molecule has 43 heavy (non-hydrogen) atoms. The van der Waals surface area contributed by atoms with E-state index >= 15 is 0 Å². The summed E-state index contributed by atoms with van der Waals surface area (Å²) >= 11 is 0. The zero-order valence-electron chi connectivity index (χ0n) is 25.5. The van der Waals surface area contributed by atoms with E-state index in [4.69, 9.17) is 0 Å². The lowest BCUT2D eigenvalue weighted by atomic mass is 9.58. The highest BCUT2D eigenvalue weighted by atomic mass is 19.3. The van der Waals surface area contributed by atoms with Crippen LogP contribution in [0.25, 0.3) is 10.9 Å². The Bertz CT molecular complexity index is 1700. The Balaban J connectivity index is 1.33. The van der Waals surface area contributed by atoms with Gasteiger partial charge in [0.15, 0.2) is 0 Å². The second kappa shape index (κ2) is 10.5. The summed E-state index contributed by atoms with van der Waals surface area (Å²) in [7, 11) is 1.98. The van der Waals surface area contributed by atoms with Crippen molar-refractivity contribution in [3.63, 3.8) is 0 Å². The highest BCUT2D eigenvalue weighted by Crippen LogP contribution is 2.53. The third-order valence-electron chi connectivity index (χ3n) is 10.1. The minimum absolute atomic E-state index is 0.0182. The van der Waals surface area contributed by atoms with E-state index in [9.17, 15) is 13.6 Å². The van der Waals surface area contributed by atoms with Crippen molar-refractivity contribution in [2.45, 2.75) is 77.9 Å². The Morgan fingerprint density at radius 1 is 1.12 bits per heavy atom. The first-order valence-electron chi connectivity index (χ1n) is 15.6. The zero-order valence-corrected chi connectivity index (χ0v) is 25.5. The van der Waals surface area contributed by atoms with E-state index in [0.717, 1.165) is 72.4 Å². The largest absolute Gasteiger partial charge is 0.348 e. The summed E-state index contributed by atoms with van der Waals surface area (Å²) < 4.78 is 33.3. The van der Waals surface area contributed by atoms with Crippen LogP contribution < -0.4 is 4.90 Å². The molecule has 1 saturated heterocycles. The number of aromatic nitrogens is 4. The van der Waals surface area contributed by atoms with Crippen LogP contribution in [0.5, 0.6) is 0 Å². The Labute approximate surface area is 251 Å². The molecule has 0 N–H and O–H groups in total. The number of amides is 1. The molecular formula is C34H40F2N6O. The average molecular weight is 587 g/mol. The fourth-order valence-electron chi connectivity index (χ4n) is 8.11. The number of fused-ring (bicyclic) bond motifs is 2. The van der Waals surface area contributed by atoms with Gasteiger partial charge in [-0.2, -0.15) is 0 Å². The Kier molecular flexibility index (Phi) is 6.91. The molecule has 0 unspecified atom stereocenters. The molecule has 0 spiro atoms. The van der Waals surface area contributed by atoms with Crippen LogP contribution in [0.4, 0.5) is 14.5 Å². The fraction of sp³-hybridized carbons (Fsp3) is 0.500. The van der Waals surface area contributed by atoms with Gasteiger partial charge in [-0.3, -0.25) is 9.69 Å². The van der Waals surface area contributed by atoms with Crippen molar-refractivity contribution in [2.75, 3.05) is 18.0 Å². The van der Waals surface area contributed by atoms with Crippen molar-refractivity contribution >= 4 is 22.5 Å². The van der Waals surface area contributed by atoms with E-state index < -0.39 is 6.43 Å². The van der Waals surface area contributed by atoms with E-state index in [1.807, 2.05) is 29.9 Å². The Morgan fingerprint density at radius 3 is 2.60 bits per heavy atom. The number of carbonyl (C=O) groups is 1. The van der Waals surface area contributed by atoms with Crippen LogP contribution in [0.1, 0.15) is 91.3 Å². The van der Waals surface area contributed by atoms with E-state index in [1.165, 1.54) is 6.42 Å². The molecule has 226 valence electrons. The molecule has 7 nitrogen and oxygen atoms in total. The number of nitrogens with zero attached hydrogens (tertiary/aromatic N) is 6. The van der Waals surface area contributed by atoms with Gasteiger partial charge >= 0.3 is 0 Å². The zero-order chi connectivity index (χ0) is 30.0. The predicted octanol–water partition coefficient (Wildman–Crippen LogP) is 6.84. The first-order valence-corrected chi connectivity index (χ1v) is 15.6. The molecule has 2 aromatic carbocycles. The molecule has 0 radical (unpaired) electrons. The van der Waals surface area contributed by atoms with E-state index in [1.54, 1.807) is 17.3 Å². The molecule has 4 heterocycles. The lowest BCUT2D eigenvalue weighted by Crippen LogP contribution is -2.43. The molecule has 1 amide bonds. The highest BCUT2D eigenvalue weighted by molar-refractivity contribution is 6.14. The van der Waals surface area contributed by atoms with Gasteiger partial charge in [-0.1, -0.05) is 13.8 Å². The van der Waals surface area contributed by atoms with Crippen molar-refractivity contribution < 1.29 is 13.6 Å². The number of rotatable bonds is 7. The molecule has 1 aliphatic carbocycles. The molecule has 3 aliphatic rings. The summed E-state index contributed by atoms with van der Waals surface area (Å²) in [5.74, 6) is 1.83. The summed E-state index contributed by atoms with van der Waals surface area (Å²) in [6.45, 7) is 9.99. The van der Waals surface area contributed by atoms with Gasteiger partial charge in [0.1, 0.15) is 12.2 Å². The maximum Gasteiger partial charge on any atom is 0.264 e. The van der Waals surface area contributed by atoms with E-state index in [-0.39, 0.29) is 23.4 Å². The van der Waals surface area contributed by atoms with Gasteiger partial charge < -0.3 is 14.0 Å².